The van der Waals surface area contributed by atoms with Crippen molar-refractivity contribution in [1.82, 2.24) is 4.72 Å². The summed E-state index contributed by atoms with van der Waals surface area (Å²) in [5.41, 5.74) is 0. The Morgan fingerprint density at radius 1 is 1.50 bits per heavy atom. The second kappa shape index (κ2) is 7.50. The summed E-state index contributed by atoms with van der Waals surface area (Å²) in [5.74, 6) is -0.514. The summed E-state index contributed by atoms with van der Waals surface area (Å²) in [4.78, 5) is 0. The Hall–Kier alpha value is -0.900. The minimum absolute atomic E-state index is 0.196. The zero-order valence-corrected chi connectivity index (χ0v) is 8.72. The molecule has 0 unspecified atom stereocenters. The summed E-state index contributed by atoms with van der Waals surface area (Å²) in [6, 6.07) is 1.56. The Bertz CT molecular complexity index is 292. The fourth-order valence-electron chi connectivity index (χ4n) is 0.674. The maximum absolute atomic E-state index is 10.9. The highest BCUT2D eigenvalue weighted by atomic mass is 32.2. The van der Waals surface area contributed by atoms with Gasteiger partial charge in [0.25, 0.3) is 0 Å². The molecule has 0 aliphatic heterocycles. The van der Waals surface area contributed by atoms with Gasteiger partial charge in [0.05, 0.1) is 19.3 Å². The molecule has 0 saturated carbocycles. The van der Waals surface area contributed by atoms with Crippen molar-refractivity contribution in [3.05, 3.63) is 12.7 Å². The summed E-state index contributed by atoms with van der Waals surface area (Å²) in [6.45, 7) is 4.55. The lowest BCUT2D eigenvalue weighted by molar-refractivity contribution is 0.144. The number of rotatable bonds is 8. The number of nitrogens with zero attached hydrogens (tertiary/aromatic N) is 1. The average molecular weight is 218 g/mol. The molecular formula is C8H14N2O3S. The molecule has 0 bridgehead atoms. The van der Waals surface area contributed by atoms with Crippen LogP contribution in [0, 0.1) is 11.3 Å². The smallest absolute Gasteiger partial charge is 0.225 e. The minimum Gasteiger partial charge on any atom is -0.380 e. The second-order valence-electron chi connectivity index (χ2n) is 2.50. The van der Waals surface area contributed by atoms with Crippen LogP contribution in [-0.4, -0.2) is 33.9 Å². The van der Waals surface area contributed by atoms with E-state index in [0.717, 1.165) is 6.42 Å². The van der Waals surface area contributed by atoms with E-state index < -0.39 is 15.8 Å². The summed E-state index contributed by atoms with van der Waals surface area (Å²) < 4.78 is 29.1. The number of hydrogen-bond donors (Lipinski definition) is 1. The Morgan fingerprint density at radius 3 is 2.79 bits per heavy atom. The Morgan fingerprint density at radius 2 is 2.21 bits per heavy atom. The van der Waals surface area contributed by atoms with E-state index in [2.05, 4.69) is 11.3 Å². The van der Waals surface area contributed by atoms with E-state index in [1.54, 1.807) is 12.1 Å². The van der Waals surface area contributed by atoms with Gasteiger partial charge >= 0.3 is 0 Å². The van der Waals surface area contributed by atoms with Gasteiger partial charge in [-0.15, -0.1) is 6.58 Å². The van der Waals surface area contributed by atoms with E-state index in [9.17, 15) is 8.42 Å². The van der Waals surface area contributed by atoms with Crippen LogP contribution < -0.4 is 4.72 Å². The van der Waals surface area contributed by atoms with Crippen LogP contribution in [0.15, 0.2) is 12.7 Å². The van der Waals surface area contributed by atoms with Crippen molar-refractivity contribution in [2.45, 2.75) is 6.42 Å². The van der Waals surface area contributed by atoms with Gasteiger partial charge in [-0.2, -0.15) is 5.26 Å². The van der Waals surface area contributed by atoms with E-state index in [1.165, 1.54) is 0 Å². The fraction of sp³-hybridized carbons (Fsp3) is 0.625. The standard InChI is InChI=1S/C8H14N2O3S/c1-2-3-6-13-7-5-10-14(11,12)8-4-9/h2,10H,1,3,5-8H2. The van der Waals surface area contributed by atoms with Crippen LogP contribution in [0.5, 0.6) is 0 Å². The molecule has 0 aromatic heterocycles. The molecule has 0 aliphatic rings. The van der Waals surface area contributed by atoms with Crippen molar-refractivity contribution >= 4 is 10.0 Å². The topological polar surface area (TPSA) is 79.2 Å². The van der Waals surface area contributed by atoms with E-state index >= 15 is 0 Å². The monoisotopic (exact) mass is 218 g/mol. The van der Waals surface area contributed by atoms with Gasteiger partial charge in [-0.3, -0.25) is 0 Å². The molecule has 0 spiro atoms. The van der Waals surface area contributed by atoms with Gasteiger partial charge in [-0.25, -0.2) is 13.1 Å². The second-order valence-corrected chi connectivity index (χ2v) is 4.31. The maximum atomic E-state index is 10.9. The molecule has 0 aromatic carbocycles. The normalized spacial score (nSPS) is 10.8. The molecule has 0 rings (SSSR count). The zero-order chi connectivity index (χ0) is 10.9. The Labute approximate surface area is 84.4 Å². The van der Waals surface area contributed by atoms with E-state index in [4.69, 9.17) is 10.00 Å². The van der Waals surface area contributed by atoms with Crippen LogP contribution in [0.1, 0.15) is 6.42 Å². The van der Waals surface area contributed by atoms with Crippen LogP contribution >= 0.6 is 0 Å². The largest absolute Gasteiger partial charge is 0.380 e. The van der Waals surface area contributed by atoms with Crippen molar-refractivity contribution in [1.29, 1.82) is 5.26 Å². The summed E-state index contributed by atoms with van der Waals surface area (Å²) in [6.07, 6.45) is 2.46. The summed E-state index contributed by atoms with van der Waals surface area (Å²) in [5, 5.41) is 8.16. The van der Waals surface area contributed by atoms with Crippen molar-refractivity contribution in [3.8, 4) is 6.07 Å². The first kappa shape index (κ1) is 13.1. The number of nitrogens with one attached hydrogen (secondary N) is 1. The van der Waals surface area contributed by atoms with Crippen LogP contribution in [-0.2, 0) is 14.8 Å². The number of ether oxygens (including phenoxy) is 1. The van der Waals surface area contributed by atoms with Crippen molar-refractivity contribution in [2.75, 3.05) is 25.5 Å². The molecule has 0 heterocycles. The third-order valence-corrected chi connectivity index (χ3v) is 2.44. The van der Waals surface area contributed by atoms with Crippen LogP contribution in [0.25, 0.3) is 0 Å². The molecule has 6 heteroatoms. The van der Waals surface area contributed by atoms with Gasteiger partial charge in [-0.05, 0) is 6.42 Å². The highest BCUT2D eigenvalue weighted by Crippen LogP contribution is 1.84. The lowest BCUT2D eigenvalue weighted by Crippen LogP contribution is -2.29. The lowest BCUT2D eigenvalue weighted by atomic mass is 10.5. The van der Waals surface area contributed by atoms with Gasteiger partial charge in [0.2, 0.25) is 10.0 Å². The molecule has 5 nitrogen and oxygen atoms in total. The van der Waals surface area contributed by atoms with Crippen LogP contribution in [0.2, 0.25) is 0 Å². The van der Waals surface area contributed by atoms with E-state index in [1.807, 2.05) is 0 Å². The predicted octanol–water partition coefficient (Wildman–Crippen LogP) is 0.0221. The molecule has 0 atom stereocenters. The van der Waals surface area contributed by atoms with Gasteiger partial charge in [-0.1, -0.05) is 6.08 Å². The first-order valence-electron chi connectivity index (χ1n) is 4.15. The number of sulfonamides is 1. The molecule has 0 radical (unpaired) electrons. The summed E-state index contributed by atoms with van der Waals surface area (Å²) >= 11 is 0. The van der Waals surface area contributed by atoms with Crippen LogP contribution in [0.3, 0.4) is 0 Å². The molecular weight excluding hydrogens is 204 g/mol. The lowest BCUT2D eigenvalue weighted by Gasteiger charge is -2.03. The quantitative estimate of drug-likeness (QED) is 0.460. The first-order chi connectivity index (χ1) is 6.62. The zero-order valence-electron chi connectivity index (χ0n) is 7.90. The molecule has 0 saturated heterocycles. The SMILES string of the molecule is C=CCCOCCNS(=O)(=O)CC#N. The van der Waals surface area contributed by atoms with Crippen molar-refractivity contribution in [3.63, 3.8) is 0 Å². The maximum Gasteiger partial charge on any atom is 0.225 e. The van der Waals surface area contributed by atoms with Crippen molar-refractivity contribution < 1.29 is 13.2 Å². The van der Waals surface area contributed by atoms with Gasteiger partial charge < -0.3 is 4.74 Å². The summed E-state index contributed by atoms with van der Waals surface area (Å²) in [7, 11) is -3.44. The molecule has 80 valence electrons. The third-order valence-electron chi connectivity index (χ3n) is 1.29. The Balaban J connectivity index is 3.45. The third kappa shape index (κ3) is 7.73. The minimum atomic E-state index is -3.44. The molecule has 0 aromatic rings. The van der Waals surface area contributed by atoms with Gasteiger partial charge in [0, 0.05) is 6.54 Å². The van der Waals surface area contributed by atoms with E-state index in [-0.39, 0.29) is 6.54 Å². The average Bonchev–Trinajstić information content (AvgIpc) is 2.11. The molecule has 0 fully saturated rings. The predicted molar refractivity (Wildman–Crippen MR) is 53.0 cm³/mol. The number of nitriles is 1. The van der Waals surface area contributed by atoms with Crippen LogP contribution in [0.4, 0.5) is 0 Å². The van der Waals surface area contributed by atoms with Gasteiger partial charge in [0.15, 0.2) is 5.75 Å². The Kier molecular flexibility index (Phi) is 7.02. The number of hydrogen-bond acceptors (Lipinski definition) is 4. The highest BCUT2D eigenvalue weighted by Gasteiger charge is 2.07. The highest BCUT2D eigenvalue weighted by molar-refractivity contribution is 7.89. The molecule has 1 N–H and O–H groups in total. The first-order valence-corrected chi connectivity index (χ1v) is 5.80. The fourth-order valence-corrected chi connectivity index (χ4v) is 1.34. The molecule has 14 heavy (non-hydrogen) atoms. The van der Waals surface area contributed by atoms with E-state index in [0.29, 0.717) is 13.2 Å². The van der Waals surface area contributed by atoms with Crippen molar-refractivity contribution in [2.24, 2.45) is 0 Å². The molecule has 0 aliphatic carbocycles. The molecule has 0 amide bonds. The van der Waals surface area contributed by atoms with Gasteiger partial charge in [0.1, 0.15) is 0 Å².